The number of hydrogen-bond donors (Lipinski definition) is 1. The summed E-state index contributed by atoms with van der Waals surface area (Å²) in [6.45, 7) is 6.40. The minimum Gasteiger partial charge on any atom is -0.302 e. The molecule has 2 unspecified atom stereocenters. The summed E-state index contributed by atoms with van der Waals surface area (Å²) in [6.07, 6.45) is 2.26. The Kier molecular flexibility index (Phi) is 3.85. The fourth-order valence-electron chi connectivity index (χ4n) is 3.09. The third kappa shape index (κ3) is 2.62. The van der Waals surface area contributed by atoms with Gasteiger partial charge in [0, 0.05) is 22.0 Å². The molecule has 0 fully saturated rings. The molecule has 0 amide bonds. The molecule has 1 aromatic heterocycles. The van der Waals surface area contributed by atoms with Crippen LogP contribution in [0.2, 0.25) is 5.02 Å². The lowest BCUT2D eigenvalue weighted by atomic mass is 10.1. The van der Waals surface area contributed by atoms with E-state index in [0.29, 0.717) is 12.1 Å². The Balaban J connectivity index is 1.79. The van der Waals surface area contributed by atoms with E-state index in [-0.39, 0.29) is 0 Å². The Morgan fingerprint density at radius 2 is 2.20 bits per heavy atom. The van der Waals surface area contributed by atoms with E-state index >= 15 is 0 Å². The van der Waals surface area contributed by atoms with E-state index in [1.54, 1.807) is 11.3 Å². The minimum absolute atomic E-state index is 0.341. The molecule has 0 spiro atoms. The Bertz CT molecular complexity index is 635. The number of aromatic nitrogens is 1. The molecule has 1 aromatic carbocycles. The molecule has 1 heterocycles. The van der Waals surface area contributed by atoms with Crippen LogP contribution >= 0.6 is 22.9 Å². The molecule has 20 heavy (non-hydrogen) atoms. The van der Waals surface area contributed by atoms with Crippen molar-refractivity contribution in [1.29, 1.82) is 0 Å². The van der Waals surface area contributed by atoms with Crippen LogP contribution in [0.25, 0.3) is 0 Å². The van der Waals surface area contributed by atoms with Crippen LogP contribution < -0.4 is 5.32 Å². The van der Waals surface area contributed by atoms with Gasteiger partial charge in [0.2, 0.25) is 0 Å². The summed E-state index contributed by atoms with van der Waals surface area (Å²) in [4.78, 5) is 5.88. The van der Waals surface area contributed by atoms with Gasteiger partial charge in [-0.1, -0.05) is 17.7 Å². The first-order chi connectivity index (χ1) is 9.54. The zero-order valence-corrected chi connectivity index (χ0v) is 13.6. The molecule has 1 aliphatic carbocycles. The fraction of sp³-hybridized carbons (Fsp3) is 0.438. The first kappa shape index (κ1) is 14.1. The van der Waals surface area contributed by atoms with Crippen LogP contribution in [-0.4, -0.2) is 4.98 Å². The molecule has 2 nitrogen and oxygen atoms in total. The van der Waals surface area contributed by atoms with Crippen molar-refractivity contribution in [3.05, 3.63) is 49.9 Å². The van der Waals surface area contributed by atoms with E-state index in [0.717, 1.165) is 28.6 Å². The summed E-state index contributed by atoms with van der Waals surface area (Å²) in [5.74, 6) is 0. The second-order valence-corrected chi connectivity index (χ2v) is 7.18. The Labute approximate surface area is 129 Å². The van der Waals surface area contributed by atoms with Crippen molar-refractivity contribution in [2.24, 2.45) is 0 Å². The number of halogens is 1. The summed E-state index contributed by atoms with van der Waals surface area (Å²) in [6, 6.07) is 7.03. The van der Waals surface area contributed by atoms with E-state index in [1.807, 2.05) is 6.07 Å². The SMILES string of the molecule is Cc1nc(C)c(C(C)NC2CCc3cc(Cl)ccc32)s1. The zero-order valence-electron chi connectivity index (χ0n) is 12.0. The average Bonchev–Trinajstić information content (AvgIpc) is 2.93. The van der Waals surface area contributed by atoms with Crippen molar-refractivity contribution in [1.82, 2.24) is 10.3 Å². The molecule has 0 radical (unpaired) electrons. The topological polar surface area (TPSA) is 24.9 Å². The number of aryl methyl sites for hydroxylation is 3. The summed E-state index contributed by atoms with van der Waals surface area (Å²) in [5, 5.41) is 5.73. The van der Waals surface area contributed by atoms with Crippen LogP contribution in [0.1, 0.15) is 52.1 Å². The molecule has 106 valence electrons. The number of nitrogens with zero attached hydrogens (tertiary/aromatic N) is 1. The molecule has 2 atom stereocenters. The van der Waals surface area contributed by atoms with Crippen LogP contribution in [0.4, 0.5) is 0 Å². The smallest absolute Gasteiger partial charge is 0.0900 e. The van der Waals surface area contributed by atoms with E-state index in [9.17, 15) is 0 Å². The third-order valence-electron chi connectivity index (χ3n) is 3.97. The Morgan fingerprint density at radius 3 is 2.90 bits per heavy atom. The highest BCUT2D eigenvalue weighted by Gasteiger charge is 2.25. The van der Waals surface area contributed by atoms with E-state index < -0.39 is 0 Å². The van der Waals surface area contributed by atoms with Crippen molar-refractivity contribution in [3.8, 4) is 0 Å². The summed E-state index contributed by atoms with van der Waals surface area (Å²) in [5.41, 5.74) is 3.95. The van der Waals surface area contributed by atoms with Gasteiger partial charge in [0.1, 0.15) is 0 Å². The predicted octanol–water partition coefficient (Wildman–Crippen LogP) is 4.75. The van der Waals surface area contributed by atoms with Crippen LogP contribution in [0.15, 0.2) is 18.2 Å². The summed E-state index contributed by atoms with van der Waals surface area (Å²) < 4.78 is 0. The molecule has 0 bridgehead atoms. The lowest BCUT2D eigenvalue weighted by Gasteiger charge is -2.20. The third-order valence-corrected chi connectivity index (χ3v) is 5.46. The summed E-state index contributed by atoms with van der Waals surface area (Å²) >= 11 is 7.86. The molecular formula is C16H19ClN2S. The molecule has 3 rings (SSSR count). The first-order valence-electron chi connectivity index (χ1n) is 7.03. The second-order valence-electron chi connectivity index (χ2n) is 5.51. The number of benzene rings is 1. The normalized spacial score (nSPS) is 19.1. The fourth-order valence-corrected chi connectivity index (χ4v) is 4.22. The largest absolute Gasteiger partial charge is 0.302 e. The highest BCUT2D eigenvalue weighted by molar-refractivity contribution is 7.11. The van der Waals surface area contributed by atoms with Crippen molar-refractivity contribution < 1.29 is 0 Å². The maximum atomic E-state index is 6.07. The van der Waals surface area contributed by atoms with Crippen molar-refractivity contribution in [2.75, 3.05) is 0 Å². The first-order valence-corrected chi connectivity index (χ1v) is 8.22. The lowest BCUT2D eigenvalue weighted by molar-refractivity contribution is 0.468. The molecule has 4 heteroatoms. The zero-order chi connectivity index (χ0) is 14.3. The molecule has 2 aromatic rings. The second kappa shape index (κ2) is 5.47. The van der Waals surface area contributed by atoms with E-state index in [4.69, 9.17) is 11.6 Å². The van der Waals surface area contributed by atoms with Crippen LogP contribution in [0.3, 0.4) is 0 Å². The average molecular weight is 307 g/mol. The van der Waals surface area contributed by atoms with Gasteiger partial charge in [-0.2, -0.15) is 0 Å². The van der Waals surface area contributed by atoms with Gasteiger partial charge >= 0.3 is 0 Å². The standard InChI is InChI=1S/C16H19ClN2S/c1-9-16(20-11(3)18-9)10(2)19-15-7-4-12-8-13(17)5-6-14(12)15/h5-6,8,10,15,19H,4,7H2,1-3H3. The van der Waals surface area contributed by atoms with Gasteiger partial charge in [0.05, 0.1) is 10.7 Å². The highest BCUT2D eigenvalue weighted by Crippen LogP contribution is 2.35. The predicted molar refractivity (Wildman–Crippen MR) is 85.7 cm³/mol. The molecular weight excluding hydrogens is 288 g/mol. The molecule has 0 saturated heterocycles. The molecule has 0 saturated carbocycles. The van der Waals surface area contributed by atoms with Crippen LogP contribution in [-0.2, 0) is 6.42 Å². The number of hydrogen-bond acceptors (Lipinski definition) is 3. The van der Waals surface area contributed by atoms with Crippen LogP contribution in [0, 0.1) is 13.8 Å². The van der Waals surface area contributed by atoms with Crippen molar-refractivity contribution in [3.63, 3.8) is 0 Å². The highest BCUT2D eigenvalue weighted by atomic mass is 35.5. The maximum absolute atomic E-state index is 6.07. The Hall–Kier alpha value is -0.900. The van der Waals surface area contributed by atoms with Gasteiger partial charge in [-0.15, -0.1) is 11.3 Å². The summed E-state index contributed by atoms with van der Waals surface area (Å²) in [7, 11) is 0. The van der Waals surface area contributed by atoms with Crippen molar-refractivity contribution >= 4 is 22.9 Å². The number of rotatable bonds is 3. The van der Waals surface area contributed by atoms with E-state index in [1.165, 1.54) is 16.0 Å². The number of thiazole rings is 1. The minimum atomic E-state index is 0.341. The van der Waals surface area contributed by atoms with Gasteiger partial charge in [0.25, 0.3) is 0 Å². The van der Waals surface area contributed by atoms with Crippen LogP contribution in [0.5, 0.6) is 0 Å². The maximum Gasteiger partial charge on any atom is 0.0900 e. The van der Waals surface area contributed by atoms with Gasteiger partial charge in [-0.3, -0.25) is 0 Å². The van der Waals surface area contributed by atoms with E-state index in [2.05, 4.69) is 43.2 Å². The Morgan fingerprint density at radius 1 is 1.40 bits per heavy atom. The van der Waals surface area contributed by atoms with Gasteiger partial charge < -0.3 is 5.32 Å². The monoisotopic (exact) mass is 306 g/mol. The van der Waals surface area contributed by atoms with Crippen molar-refractivity contribution in [2.45, 2.75) is 45.7 Å². The van der Waals surface area contributed by atoms with Gasteiger partial charge in [-0.05, 0) is 56.9 Å². The quantitative estimate of drug-likeness (QED) is 0.885. The molecule has 1 aliphatic rings. The molecule has 0 aliphatic heterocycles. The number of nitrogens with one attached hydrogen (secondary N) is 1. The molecule has 1 N–H and O–H groups in total. The van der Waals surface area contributed by atoms with Gasteiger partial charge in [-0.25, -0.2) is 4.98 Å². The van der Waals surface area contributed by atoms with Gasteiger partial charge in [0.15, 0.2) is 0 Å². The number of fused-ring (bicyclic) bond motifs is 1. The lowest BCUT2D eigenvalue weighted by Crippen LogP contribution is -2.22.